The number of nitrogens with one attached hydrogen (secondary N) is 2. The van der Waals surface area contributed by atoms with Crippen molar-refractivity contribution in [2.75, 3.05) is 26.0 Å². The summed E-state index contributed by atoms with van der Waals surface area (Å²) in [6, 6.07) is 2.31. The smallest absolute Gasteiger partial charge is 0.347 e. The van der Waals surface area contributed by atoms with E-state index in [1.807, 2.05) is 0 Å². The highest BCUT2D eigenvalue weighted by molar-refractivity contribution is 5.92. The number of likely N-dealkylation sites (N-methyl/N-ethyl adjacent to an activating group) is 1. The number of amides is 3. The fourth-order valence-corrected chi connectivity index (χ4v) is 1.41. The Bertz CT molecular complexity index is 542. The number of rotatable bonds is 3. The van der Waals surface area contributed by atoms with Crippen molar-refractivity contribution < 1.29 is 22.8 Å². The zero-order chi connectivity index (χ0) is 16.2. The van der Waals surface area contributed by atoms with E-state index in [0.717, 1.165) is 12.1 Å². The monoisotopic (exact) mass is 303 g/mol. The van der Waals surface area contributed by atoms with Crippen LogP contribution in [0.5, 0.6) is 0 Å². The number of urea groups is 1. The molecule has 0 fully saturated rings. The summed E-state index contributed by atoms with van der Waals surface area (Å²) in [6.07, 6.45) is -4.48. The number of alkyl halides is 3. The van der Waals surface area contributed by atoms with Crippen molar-refractivity contribution in [2.45, 2.75) is 13.1 Å². The molecule has 0 unspecified atom stereocenters. The molecule has 0 aliphatic rings. The summed E-state index contributed by atoms with van der Waals surface area (Å²) in [5.41, 5.74) is -0.329. The van der Waals surface area contributed by atoms with Crippen molar-refractivity contribution in [3.63, 3.8) is 0 Å². The number of benzene rings is 1. The normalized spacial score (nSPS) is 11.0. The third-order valence-electron chi connectivity index (χ3n) is 2.71. The Morgan fingerprint density at radius 2 is 1.86 bits per heavy atom. The molecular weight excluding hydrogens is 287 g/mol. The molecule has 0 spiro atoms. The molecule has 3 amide bonds. The lowest BCUT2D eigenvalue weighted by molar-refractivity contribution is -0.137. The molecule has 21 heavy (non-hydrogen) atoms. The molecular formula is C13H16F3N3O2. The summed E-state index contributed by atoms with van der Waals surface area (Å²) < 4.78 is 37.8. The van der Waals surface area contributed by atoms with Crippen LogP contribution in [0, 0.1) is 6.92 Å². The molecule has 0 saturated carbocycles. The maximum atomic E-state index is 12.6. The quantitative estimate of drug-likeness (QED) is 0.899. The topological polar surface area (TPSA) is 61.4 Å². The second-order valence-corrected chi connectivity index (χ2v) is 4.62. The van der Waals surface area contributed by atoms with Crippen LogP contribution in [0.2, 0.25) is 0 Å². The zero-order valence-corrected chi connectivity index (χ0v) is 11.8. The largest absolute Gasteiger partial charge is 0.416 e. The Kier molecular flexibility index (Phi) is 5.17. The van der Waals surface area contributed by atoms with Gasteiger partial charge in [-0.3, -0.25) is 4.79 Å². The molecule has 8 heteroatoms. The summed E-state index contributed by atoms with van der Waals surface area (Å²) in [5.74, 6) is -0.328. The fourth-order valence-electron chi connectivity index (χ4n) is 1.41. The highest BCUT2D eigenvalue weighted by Gasteiger charge is 2.30. The first-order valence-corrected chi connectivity index (χ1v) is 6.04. The molecule has 0 aromatic heterocycles. The van der Waals surface area contributed by atoms with Gasteiger partial charge in [0.1, 0.15) is 0 Å². The van der Waals surface area contributed by atoms with Crippen molar-refractivity contribution in [2.24, 2.45) is 0 Å². The highest BCUT2D eigenvalue weighted by Crippen LogP contribution is 2.31. The van der Waals surface area contributed by atoms with Gasteiger partial charge in [-0.2, -0.15) is 13.2 Å². The minimum absolute atomic E-state index is 0.0413. The van der Waals surface area contributed by atoms with E-state index in [1.54, 1.807) is 6.92 Å². The second kappa shape index (κ2) is 6.47. The van der Waals surface area contributed by atoms with E-state index < -0.39 is 17.8 Å². The van der Waals surface area contributed by atoms with E-state index in [4.69, 9.17) is 0 Å². The number of halogens is 3. The maximum Gasteiger partial charge on any atom is 0.416 e. The SMILES string of the molecule is Cc1ccc(C(F)(F)F)cc1NC(=O)NCC(=O)N(C)C. The van der Waals surface area contributed by atoms with E-state index in [1.165, 1.54) is 25.1 Å². The van der Waals surface area contributed by atoms with Gasteiger partial charge in [-0.25, -0.2) is 4.79 Å². The Morgan fingerprint density at radius 3 is 2.38 bits per heavy atom. The number of nitrogens with zero attached hydrogens (tertiary/aromatic N) is 1. The van der Waals surface area contributed by atoms with Gasteiger partial charge in [0.05, 0.1) is 12.1 Å². The van der Waals surface area contributed by atoms with Gasteiger partial charge in [-0.05, 0) is 24.6 Å². The van der Waals surface area contributed by atoms with Crippen molar-refractivity contribution in [1.82, 2.24) is 10.2 Å². The number of hydrogen-bond donors (Lipinski definition) is 2. The molecule has 0 radical (unpaired) electrons. The average molecular weight is 303 g/mol. The van der Waals surface area contributed by atoms with Gasteiger partial charge in [0.2, 0.25) is 5.91 Å². The number of hydrogen-bond acceptors (Lipinski definition) is 2. The van der Waals surface area contributed by atoms with Crippen molar-refractivity contribution in [1.29, 1.82) is 0 Å². The van der Waals surface area contributed by atoms with Crippen LogP contribution in [0.1, 0.15) is 11.1 Å². The Morgan fingerprint density at radius 1 is 1.24 bits per heavy atom. The van der Waals surface area contributed by atoms with Gasteiger partial charge in [-0.15, -0.1) is 0 Å². The minimum Gasteiger partial charge on any atom is -0.347 e. The maximum absolute atomic E-state index is 12.6. The molecule has 1 rings (SSSR count). The van der Waals surface area contributed by atoms with Crippen LogP contribution in [0.3, 0.4) is 0 Å². The molecule has 0 saturated heterocycles. The number of carbonyl (C=O) groups excluding carboxylic acids is 2. The van der Waals surface area contributed by atoms with Crippen LogP contribution in [0.15, 0.2) is 18.2 Å². The lowest BCUT2D eigenvalue weighted by Crippen LogP contribution is -2.38. The summed E-state index contributed by atoms with van der Waals surface area (Å²) in [7, 11) is 3.05. The number of anilines is 1. The first-order valence-electron chi connectivity index (χ1n) is 6.04. The van der Waals surface area contributed by atoms with Gasteiger partial charge in [-0.1, -0.05) is 6.07 Å². The number of aryl methyl sites for hydroxylation is 1. The Hall–Kier alpha value is -2.25. The zero-order valence-electron chi connectivity index (χ0n) is 11.8. The molecule has 5 nitrogen and oxygen atoms in total. The fraction of sp³-hybridized carbons (Fsp3) is 0.385. The molecule has 0 aliphatic carbocycles. The van der Waals surface area contributed by atoms with E-state index in [2.05, 4.69) is 10.6 Å². The molecule has 1 aromatic rings. The third-order valence-corrected chi connectivity index (χ3v) is 2.71. The van der Waals surface area contributed by atoms with E-state index in [0.29, 0.717) is 5.56 Å². The van der Waals surface area contributed by atoms with Crippen LogP contribution in [0.4, 0.5) is 23.7 Å². The Balaban J connectivity index is 2.74. The van der Waals surface area contributed by atoms with Crippen molar-refractivity contribution >= 4 is 17.6 Å². The van der Waals surface area contributed by atoms with Gasteiger partial charge in [0.15, 0.2) is 0 Å². The molecule has 0 heterocycles. The Labute approximate surface area is 120 Å². The van der Waals surface area contributed by atoms with Gasteiger partial charge in [0, 0.05) is 19.8 Å². The van der Waals surface area contributed by atoms with Gasteiger partial charge >= 0.3 is 12.2 Å². The van der Waals surface area contributed by atoms with Gasteiger partial charge < -0.3 is 15.5 Å². The predicted octanol–water partition coefficient (Wildman–Crippen LogP) is 2.22. The summed E-state index contributed by atoms with van der Waals surface area (Å²) >= 11 is 0. The molecule has 0 bridgehead atoms. The predicted molar refractivity (Wildman–Crippen MR) is 71.9 cm³/mol. The second-order valence-electron chi connectivity index (χ2n) is 4.62. The van der Waals surface area contributed by atoms with Crippen molar-refractivity contribution in [3.05, 3.63) is 29.3 Å². The third kappa shape index (κ3) is 4.97. The molecule has 1 aromatic carbocycles. The minimum atomic E-state index is -4.48. The number of carbonyl (C=O) groups is 2. The van der Waals surface area contributed by atoms with E-state index in [-0.39, 0.29) is 18.1 Å². The lowest BCUT2D eigenvalue weighted by Gasteiger charge is -2.14. The highest BCUT2D eigenvalue weighted by atomic mass is 19.4. The van der Waals surface area contributed by atoms with Crippen molar-refractivity contribution in [3.8, 4) is 0 Å². The first-order chi connectivity index (χ1) is 9.61. The van der Waals surface area contributed by atoms with Crippen LogP contribution in [-0.2, 0) is 11.0 Å². The average Bonchev–Trinajstić information content (AvgIpc) is 2.37. The molecule has 0 aliphatic heterocycles. The first kappa shape index (κ1) is 16.8. The lowest BCUT2D eigenvalue weighted by atomic mass is 10.1. The molecule has 116 valence electrons. The summed E-state index contributed by atoms with van der Waals surface area (Å²) in [4.78, 5) is 24.2. The summed E-state index contributed by atoms with van der Waals surface area (Å²) in [5, 5.41) is 4.57. The van der Waals surface area contributed by atoms with Crippen LogP contribution in [-0.4, -0.2) is 37.5 Å². The van der Waals surface area contributed by atoms with Gasteiger partial charge in [0.25, 0.3) is 0 Å². The molecule has 2 N–H and O–H groups in total. The summed E-state index contributed by atoms with van der Waals surface area (Å²) in [6.45, 7) is 1.33. The van der Waals surface area contributed by atoms with Crippen LogP contribution >= 0.6 is 0 Å². The van der Waals surface area contributed by atoms with Crippen LogP contribution in [0.25, 0.3) is 0 Å². The van der Waals surface area contributed by atoms with Crippen LogP contribution < -0.4 is 10.6 Å². The molecule has 0 atom stereocenters. The standard InChI is InChI=1S/C13H16F3N3O2/c1-8-4-5-9(13(14,15)16)6-10(8)18-12(21)17-7-11(20)19(2)3/h4-6H,7H2,1-3H3,(H2,17,18,21). The van der Waals surface area contributed by atoms with E-state index >= 15 is 0 Å². The van der Waals surface area contributed by atoms with E-state index in [9.17, 15) is 22.8 Å².